The van der Waals surface area contributed by atoms with Crippen LogP contribution in [-0.2, 0) is 10.0 Å². The smallest absolute Gasteiger partial charge is 0.255 e. The summed E-state index contributed by atoms with van der Waals surface area (Å²) in [7, 11) is -3.71. The van der Waals surface area contributed by atoms with Crippen molar-refractivity contribution >= 4 is 27.5 Å². The first-order valence-electron chi connectivity index (χ1n) is 8.39. The molecule has 0 saturated carbocycles. The summed E-state index contributed by atoms with van der Waals surface area (Å²) in [5.74, 6) is -1.05. The van der Waals surface area contributed by atoms with Crippen molar-refractivity contribution in [2.75, 3.05) is 13.1 Å². The molecule has 1 aliphatic rings. The van der Waals surface area contributed by atoms with Gasteiger partial charge in [0.1, 0.15) is 16.4 Å². The Bertz CT molecular complexity index is 929. The van der Waals surface area contributed by atoms with Crippen molar-refractivity contribution in [3.05, 3.63) is 46.1 Å². The SMILES string of the molecule is Cc1noc(C)c1S(=O)(=O)N1CCC(NC(=O)c2c(F)cccc2Cl)CC1. The predicted octanol–water partition coefficient (Wildman–Crippen LogP) is 2.67. The number of carbonyl (C=O) groups is 1. The Hall–Kier alpha value is -1.97. The molecule has 1 amide bonds. The van der Waals surface area contributed by atoms with Gasteiger partial charge >= 0.3 is 0 Å². The number of aromatic nitrogens is 1. The molecule has 0 spiro atoms. The maximum absolute atomic E-state index is 13.9. The van der Waals surface area contributed by atoms with Crippen molar-refractivity contribution in [2.24, 2.45) is 0 Å². The van der Waals surface area contributed by atoms with Gasteiger partial charge in [0, 0.05) is 19.1 Å². The summed E-state index contributed by atoms with van der Waals surface area (Å²) in [4.78, 5) is 12.4. The van der Waals surface area contributed by atoms with E-state index in [9.17, 15) is 17.6 Å². The van der Waals surface area contributed by atoms with Gasteiger partial charge in [0.15, 0.2) is 5.76 Å². The highest BCUT2D eigenvalue weighted by Gasteiger charge is 2.34. The van der Waals surface area contributed by atoms with E-state index in [1.165, 1.54) is 22.5 Å². The lowest BCUT2D eigenvalue weighted by molar-refractivity contribution is 0.0920. The lowest BCUT2D eigenvalue weighted by Crippen LogP contribution is -2.46. The highest BCUT2D eigenvalue weighted by Crippen LogP contribution is 2.26. The molecule has 146 valence electrons. The van der Waals surface area contributed by atoms with Crippen LogP contribution in [0.25, 0.3) is 0 Å². The molecule has 2 heterocycles. The Balaban J connectivity index is 1.67. The quantitative estimate of drug-likeness (QED) is 0.828. The van der Waals surface area contributed by atoms with Gasteiger partial charge in [-0.3, -0.25) is 4.79 Å². The number of nitrogens with zero attached hydrogens (tertiary/aromatic N) is 2. The summed E-state index contributed by atoms with van der Waals surface area (Å²) in [6.45, 7) is 3.58. The standard InChI is InChI=1S/C17H19ClFN3O4S/c1-10-16(11(2)26-21-10)27(24,25)22-8-6-12(7-9-22)20-17(23)15-13(18)4-3-5-14(15)19/h3-5,12H,6-9H2,1-2H3,(H,20,23). The van der Waals surface area contributed by atoms with Gasteiger partial charge in [-0.2, -0.15) is 4.31 Å². The summed E-state index contributed by atoms with van der Waals surface area (Å²) in [6, 6.07) is 3.76. The van der Waals surface area contributed by atoms with Crippen molar-refractivity contribution < 1.29 is 22.1 Å². The molecular formula is C17H19ClFN3O4S. The van der Waals surface area contributed by atoms with Crippen LogP contribution in [0, 0.1) is 19.7 Å². The topological polar surface area (TPSA) is 92.5 Å². The first kappa shape index (κ1) is 19.8. The minimum Gasteiger partial charge on any atom is -0.360 e. The fourth-order valence-electron chi connectivity index (χ4n) is 3.18. The van der Waals surface area contributed by atoms with Crippen LogP contribution in [0.5, 0.6) is 0 Å². The van der Waals surface area contributed by atoms with Crippen LogP contribution in [0.3, 0.4) is 0 Å². The zero-order valence-electron chi connectivity index (χ0n) is 14.8. The molecule has 1 aliphatic heterocycles. The average Bonchev–Trinajstić information content (AvgIpc) is 2.94. The third-order valence-corrected chi connectivity index (χ3v) is 7.00. The van der Waals surface area contributed by atoms with E-state index in [1.54, 1.807) is 13.8 Å². The molecule has 0 radical (unpaired) electrons. The number of hydrogen-bond acceptors (Lipinski definition) is 5. The molecule has 7 nitrogen and oxygen atoms in total. The molecule has 0 unspecified atom stereocenters. The summed E-state index contributed by atoms with van der Waals surface area (Å²) in [6.07, 6.45) is 0.806. The third-order valence-electron chi connectivity index (χ3n) is 4.54. The van der Waals surface area contributed by atoms with Crippen LogP contribution in [0.1, 0.15) is 34.7 Å². The van der Waals surface area contributed by atoms with Crippen molar-refractivity contribution in [2.45, 2.75) is 37.6 Å². The molecule has 1 fully saturated rings. The molecule has 1 aromatic carbocycles. The van der Waals surface area contributed by atoms with Crippen LogP contribution in [-0.4, -0.2) is 42.9 Å². The number of nitrogens with one attached hydrogen (secondary N) is 1. The summed E-state index contributed by atoms with van der Waals surface area (Å²) >= 11 is 5.91. The van der Waals surface area contributed by atoms with Gasteiger partial charge in [-0.25, -0.2) is 12.8 Å². The van der Waals surface area contributed by atoms with Crippen molar-refractivity contribution in [3.8, 4) is 0 Å². The fourth-order valence-corrected chi connectivity index (χ4v) is 5.19. The Morgan fingerprint density at radius 3 is 2.56 bits per heavy atom. The zero-order chi connectivity index (χ0) is 19.8. The molecular weight excluding hydrogens is 397 g/mol. The van der Waals surface area contributed by atoms with E-state index in [0.29, 0.717) is 18.5 Å². The van der Waals surface area contributed by atoms with Gasteiger partial charge in [-0.15, -0.1) is 0 Å². The van der Waals surface area contributed by atoms with E-state index < -0.39 is 21.7 Å². The zero-order valence-corrected chi connectivity index (χ0v) is 16.4. The highest BCUT2D eigenvalue weighted by atomic mass is 35.5. The lowest BCUT2D eigenvalue weighted by Gasteiger charge is -2.31. The lowest BCUT2D eigenvalue weighted by atomic mass is 10.1. The second-order valence-electron chi connectivity index (χ2n) is 6.40. The molecule has 1 saturated heterocycles. The number of rotatable bonds is 4. The van der Waals surface area contributed by atoms with Gasteiger partial charge < -0.3 is 9.84 Å². The maximum atomic E-state index is 13.9. The number of hydrogen-bond donors (Lipinski definition) is 1. The van der Waals surface area contributed by atoms with Crippen LogP contribution in [0.2, 0.25) is 5.02 Å². The molecule has 1 N–H and O–H groups in total. The maximum Gasteiger partial charge on any atom is 0.255 e. The first-order valence-corrected chi connectivity index (χ1v) is 10.2. The van der Waals surface area contributed by atoms with Gasteiger partial charge in [0.2, 0.25) is 10.0 Å². The number of piperidine rings is 1. The first-order chi connectivity index (χ1) is 12.7. The molecule has 0 aliphatic carbocycles. The van der Waals surface area contributed by atoms with Crippen LogP contribution in [0.15, 0.2) is 27.6 Å². The minimum absolute atomic E-state index is 0.0333. The Morgan fingerprint density at radius 2 is 2.00 bits per heavy atom. The summed E-state index contributed by atoms with van der Waals surface area (Å²) < 4.78 is 45.8. The number of amides is 1. The van der Waals surface area contributed by atoms with Crippen molar-refractivity contribution in [3.63, 3.8) is 0 Å². The van der Waals surface area contributed by atoms with Gasteiger partial charge in [0.25, 0.3) is 5.91 Å². The Labute approximate surface area is 161 Å². The van der Waals surface area contributed by atoms with E-state index in [4.69, 9.17) is 16.1 Å². The summed E-state index contributed by atoms with van der Waals surface area (Å²) in [5, 5.41) is 6.46. The largest absolute Gasteiger partial charge is 0.360 e. The van der Waals surface area contributed by atoms with E-state index in [0.717, 1.165) is 0 Å². The van der Waals surface area contributed by atoms with Crippen LogP contribution >= 0.6 is 11.6 Å². The Kier molecular flexibility index (Phi) is 5.55. The molecule has 0 atom stereocenters. The van der Waals surface area contributed by atoms with Crippen molar-refractivity contribution in [1.82, 2.24) is 14.8 Å². The number of sulfonamides is 1. The van der Waals surface area contributed by atoms with Gasteiger partial charge in [-0.1, -0.05) is 22.8 Å². The number of benzene rings is 1. The highest BCUT2D eigenvalue weighted by molar-refractivity contribution is 7.89. The van der Waals surface area contributed by atoms with Crippen molar-refractivity contribution in [1.29, 1.82) is 0 Å². The van der Waals surface area contributed by atoms with Gasteiger partial charge in [-0.05, 0) is 38.8 Å². The monoisotopic (exact) mass is 415 g/mol. The number of aryl methyl sites for hydroxylation is 2. The van der Waals surface area contributed by atoms with E-state index >= 15 is 0 Å². The number of halogens is 2. The minimum atomic E-state index is -3.71. The molecule has 10 heteroatoms. The second kappa shape index (κ2) is 7.57. The molecule has 2 aromatic rings. The summed E-state index contributed by atoms with van der Waals surface area (Å²) in [5.41, 5.74) is 0.113. The number of carbonyl (C=O) groups excluding carboxylic acids is 1. The van der Waals surface area contributed by atoms with Crippen LogP contribution in [0.4, 0.5) is 4.39 Å². The normalized spacial score (nSPS) is 16.4. The molecule has 3 rings (SSSR count). The predicted molar refractivity (Wildman–Crippen MR) is 96.6 cm³/mol. The van der Waals surface area contributed by atoms with Gasteiger partial charge in [0.05, 0.1) is 10.6 Å². The molecule has 0 bridgehead atoms. The third kappa shape index (κ3) is 3.85. The molecule has 1 aromatic heterocycles. The second-order valence-corrected chi connectivity index (χ2v) is 8.68. The molecule has 27 heavy (non-hydrogen) atoms. The van der Waals surface area contributed by atoms with Crippen LogP contribution < -0.4 is 5.32 Å². The van der Waals surface area contributed by atoms with E-state index in [2.05, 4.69) is 10.5 Å². The average molecular weight is 416 g/mol. The van der Waals surface area contributed by atoms with E-state index in [1.807, 2.05) is 0 Å². The fraction of sp³-hybridized carbons (Fsp3) is 0.412. The Morgan fingerprint density at radius 1 is 1.33 bits per heavy atom. The van der Waals surface area contributed by atoms with E-state index in [-0.39, 0.29) is 40.4 Å².